The van der Waals surface area contributed by atoms with Crippen molar-refractivity contribution in [3.8, 4) is 0 Å². The van der Waals surface area contributed by atoms with Crippen LogP contribution in [-0.4, -0.2) is 81.8 Å². The van der Waals surface area contributed by atoms with Crippen molar-refractivity contribution in [2.24, 2.45) is 5.92 Å². The van der Waals surface area contributed by atoms with Gasteiger partial charge < -0.3 is 10.1 Å². The molecule has 2 aliphatic rings. The Morgan fingerprint density at radius 1 is 1.25 bits per heavy atom. The van der Waals surface area contributed by atoms with Gasteiger partial charge in [-0.25, -0.2) is 12.7 Å². The van der Waals surface area contributed by atoms with Gasteiger partial charge in [-0.15, -0.1) is 0 Å². The van der Waals surface area contributed by atoms with E-state index in [1.165, 1.54) is 4.31 Å². The largest absolute Gasteiger partial charge is 0.379 e. The van der Waals surface area contributed by atoms with Crippen LogP contribution in [0.4, 0.5) is 0 Å². The van der Waals surface area contributed by atoms with Gasteiger partial charge in [-0.2, -0.15) is 0 Å². The van der Waals surface area contributed by atoms with Crippen LogP contribution in [0, 0.1) is 5.92 Å². The Morgan fingerprint density at radius 3 is 2.71 bits per heavy atom. The molecule has 140 valence electrons. The molecule has 0 aromatic rings. The van der Waals surface area contributed by atoms with Crippen molar-refractivity contribution in [3.63, 3.8) is 0 Å². The van der Waals surface area contributed by atoms with Gasteiger partial charge in [0.05, 0.1) is 24.9 Å². The van der Waals surface area contributed by atoms with Crippen molar-refractivity contribution in [1.29, 1.82) is 0 Å². The zero-order chi connectivity index (χ0) is 17.4. The Bertz CT molecular complexity index is 492. The van der Waals surface area contributed by atoms with Crippen LogP contribution in [0.5, 0.6) is 0 Å². The molecular weight excluding hydrogens is 330 g/mol. The Morgan fingerprint density at radius 2 is 2.00 bits per heavy atom. The standard InChI is InChI=1S/C16H31N3O4S/c1-2-13-24(21,22)19-8-3-5-15(14-19)16(20)17-6-4-7-18-9-11-23-12-10-18/h15H,2-14H2,1H3,(H,17,20)/t15-/m1/s1. The first-order valence-corrected chi connectivity index (χ1v) is 10.7. The lowest BCUT2D eigenvalue weighted by atomic mass is 9.99. The van der Waals surface area contributed by atoms with Crippen LogP contribution in [0.15, 0.2) is 0 Å². The Labute approximate surface area is 145 Å². The third-order valence-corrected chi connectivity index (χ3v) is 6.71. The summed E-state index contributed by atoms with van der Waals surface area (Å²) in [4.78, 5) is 14.7. The molecule has 1 N–H and O–H groups in total. The summed E-state index contributed by atoms with van der Waals surface area (Å²) in [6.07, 6.45) is 3.05. The average Bonchev–Trinajstić information content (AvgIpc) is 2.59. The number of nitrogens with zero attached hydrogens (tertiary/aromatic N) is 2. The van der Waals surface area contributed by atoms with Crippen molar-refractivity contribution in [2.75, 3.05) is 58.2 Å². The zero-order valence-corrected chi connectivity index (χ0v) is 15.5. The normalized spacial score (nSPS) is 24.0. The Balaban J connectivity index is 1.69. The smallest absolute Gasteiger partial charge is 0.224 e. The van der Waals surface area contributed by atoms with E-state index in [9.17, 15) is 13.2 Å². The average molecular weight is 362 g/mol. The fourth-order valence-corrected chi connectivity index (χ4v) is 4.87. The molecule has 0 aromatic carbocycles. The van der Waals surface area contributed by atoms with Crippen molar-refractivity contribution in [3.05, 3.63) is 0 Å². The monoisotopic (exact) mass is 361 g/mol. The minimum Gasteiger partial charge on any atom is -0.379 e. The van der Waals surface area contributed by atoms with Gasteiger partial charge in [-0.1, -0.05) is 6.92 Å². The predicted molar refractivity (Wildman–Crippen MR) is 93.3 cm³/mol. The number of hydrogen-bond acceptors (Lipinski definition) is 5. The lowest BCUT2D eigenvalue weighted by molar-refractivity contribution is -0.126. The van der Waals surface area contributed by atoms with E-state index in [0.717, 1.165) is 52.1 Å². The summed E-state index contributed by atoms with van der Waals surface area (Å²) in [6, 6.07) is 0. The van der Waals surface area contributed by atoms with Gasteiger partial charge in [0.15, 0.2) is 0 Å². The van der Waals surface area contributed by atoms with E-state index in [4.69, 9.17) is 4.74 Å². The van der Waals surface area contributed by atoms with Crippen LogP contribution >= 0.6 is 0 Å². The number of nitrogens with one attached hydrogen (secondary N) is 1. The molecule has 7 nitrogen and oxygen atoms in total. The van der Waals surface area contributed by atoms with E-state index in [2.05, 4.69) is 10.2 Å². The van der Waals surface area contributed by atoms with E-state index < -0.39 is 10.0 Å². The molecule has 0 saturated carbocycles. The zero-order valence-electron chi connectivity index (χ0n) is 14.7. The van der Waals surface area contributed by atoms with Crippen molar-refractivity contribution < 1.29 is 17.9 Å². The molecule has 0 bridgehead atoms. The van der Waals surface area contributed by atoms with Crippen LogP contribution in [0.25, 0.3) is 0 Å². The van der Waals surface area contributed by atoms with Crippen LogP contribution < -0.4 is 5.32 Å². The molecular formula is C16H31N3O4S. The molecule has 24 heavy (non-hydrogen) atoms. The highest BCUT2D eigenvalue weighted by Gasteiger charge is 2.31. The maximum atomic E-state index is 12.3. The van der Waals surface area contributed by atoms with Gasteiger partial charge >= 0.3 is 0 Å². The maximum Gasteiger partial charge on any atom is 0.224 e. The fraction of sp³-hybridized carbons (Fsp3) is 0.938. The first kappa shape index (κ1) is 19.6. The quantitative estimate of drug-likeness (QED) is 0.628. The summed E-state index contributed by atoms with van der Waals surface area (Å²) in [5.41, 5.74) is 0. The number of piperidine rings is 1. The van der Waals surface area contributed by atoms with E-state index >= 15 is 0 Å². The minimum atomic E-state index is -3.20. The van der Waals surface area contributed by atoms with Crippen molar-refractivity contribution in [1.82, 2.24) is 14.5 Å². The highest BCUT2D eigenvalue weighted by atomic mass is 32.2. The van der Waals surface area contributed by atoms with Gasteiger partial charge in [-0.3, -0.25) is 9.69 Å². The lowest BCUT2D eigenvalue weighted by Gasteiger charge is -2.31. The Kier molecular flexibility index (Phi) is 7.93. The van der Waals surface area contributed by atoms with Crippen molar-refractivity contribution >= 4 is 15.9 Å². The van der Waals surface area contributed by atoms with Crippen LogP contribution in [0.3, 0.4) is 0 Å². The van der Waals surface area contributed by atoms with E-state index in [1.807, 2.05) is 6.92 Å². The van der Waals surface area contributed by atoms with Gasteiger partial charge in [0, 0.05) is 32.7 Å². The molecule has 2 heterocycles. The minimum absolute atomic E-state index is 0.00613. The number of amides is 1. The summed E-state index contributed by atoms with van der Waals surface area (Å²) in [5, 5.41) is 2.98. The summed E-state index contributed by atoms with van der Waals surface area (Å²) >= 11 is 0. The molecule has 1 atom stereocenters. The molecule has 2 saturated heterocycles. The lowest BCUT2D eigenvalue weighted by Crippen LogP contribution is -2.46. The molecule has 0 unspecified atom stereocenters. The Hall–Kier alpha value is -0.700. The number of sulfonamides is 1. The second kappa shape index (κ2) is 9.70. The second-order valence-corrected chi connectivity index (χ2v) is 8.70. The summed E-state index contributed by atoms with van der Waals surface area (Å²) < 4.78 is 31.1. The number of morpholine rings is 1. The van der Waals surface area contributed by atoms with Gasteiger partial charge in [0.1, 0.15) is 0 Å². The number of ether oxygens (including phenoxy) is 1. The predicted octanol–water partition coefficient (Wildman–Crippen LogP) is 0.277. The molecule has 0 aliphatic carbocycles. The molecule has 0 aromatic heterocycles. The fourth-order valence-electron chi connectivity index (χ4n) is 3.28. The maximum absolute atomic E-state index is 12.3. The van der Waals surface area contributed by atoms with Crippen LogP contribution in [0.2, 0.25) is 0 Å². The second-order valence-electron chi connectivity index (χ2n) is 6.61. The van der Waals surface area contributed by atoms with Gasteiger partial charge in [0.2, 0.25) is 15.9 Å². The molecule has 2 rings (SSSR count). The molecule has 8 heteroatoms. The summed E-state index contributed by atoms with van der Waals surface area (Å²) in [6.45, 7) is 7.84. The third kappa shape index (κ3) is 5.98. The first-order valence-electron chi connectivity index (χ1n) is 9.08. The van der Waals surface area contributed by atoms with Gasteiger partial charge in [-0.05, 0) is 32.2 Å². The number of hydrogen-bond donors (Lipinski definition) is 1. The number of carbonyl (C=O) groups is 1. The highest BCUT2D eigenvalue weighted by Crippen LogP contribution is 2.20. The van der Waals surface area contributed by atoms with E-state index in [-0.39, 0.29) is 17.6 Å². The van der Waals surface area contributed by atoms with Gasteiger partial charge in [0.25, 0.3) is 0 Å². The number of rotatable bonds is 8. The number of carbonyl (C=O) groups excluding carboxylic acids is 1. The summed E-state index contributed by atoms with van der Waals surface area (Å²) in [5.74, 6) is -0.0527. The highest BCUT2D eigenvalue weighted by molar-refractivity contribution is 7.89. The van der Waals surface area contributed by atoms with E-state index in [0.29, 0.717) is 26.1 Å². The SMILES string of the molecule is CCCS(=O)(=O)N1CCC[C@@H](C(=O)NCCCN2CCOCC2)C1. The van der Waals surface area contributed by atoms with E-state index in [1.54, 1.807) is 0 Å². The van der Waals surface area contributed by atoms with Crippen LogP contribution in [-0.2, 0) is 19.6 Å². The molecule has 0 spiro atoms. The molecule has 0 radical (unpaired) electrons. The topological polar surface area (TPSA) is 79.0 Å². The first-order chi connectivity index (χ1) is 11.5. The molecule has 2 aliphatic heterocycles. The molecule has 2 fully saturated rings. The van der Waals surface area contributed by atoms with Crippen molar-refractivity contribution in [2.45, 2.75) is 32.6 Å². The summed E-state index contributed by atoms with van der Waals surface area (Å²) in [7, 11) is -3.20. The van der Waals surface area contributed by atoms with Crippen LogP contribution in [0.1, 0.15) is 32.6 Å². The third-order valence-electron chi connectivity index (χ3n) is 4.66. The molecule has 1 amide bonds.